The summed E-state index contributed by atoms with van der Waals surface area (Å²) in [6.07, 6.45) is 0. The van der Waals surface area contributed by atoms with E-state index in [0.717, 1.165) is 103 Å². The van der Waals surface area contributed by atoms with Gasteiger partial charge in [-0.25, -0.2) is 0 Å². The highest BCUT2D eigenvalue weighted by Gasteiger charge is 2.82. The van der Waals surface area contributed by atoms with Gasteiger partial charge in [-0.1, -0.05) is 413 Å². The van der Waals surface area contributed by atoms with Crippen molar-refractivity contribution in [2.24, 2.45) is 0 Å². The molecule has 12 aliphatic rings. The van der Waals surface area contributed by atoms with E-state index in [9.17, 15) is 39.6 Å². The number of anilines is 4. The number of nitrogens with zero attached hydrogens (tertiary/aromatic N) is 8. The minimum Gasteiger partial charge on any atom is -0.382 e. The molecule has 17 heteroatoms. The number of carbonyl (C=O) groups is 4. The molecule has 0 aromatic heterocycles. The zero-order chi connectivity index (χ0) is 95.8. The molecule has 16 atom stereocenters. The number of hydrogen-bond donors (Lipinski definition) is 4. The van der Waals surface area contributed by atoms with E-state index in [1.165, 1.54) is 0 Å². The molecule has 0 aliphatic carbocycles. The number of benzene rings is 16. The second kappa shape index (κ2) is 34.5. The Labute approximate surface area is 820 Å². The number of rotatable bonds is 18. The van der Waals surface area contributed by atoms with Crippen molar-refractivity contribution in [3.63, 3.8) is 0 Å². The summed E-state index contributed by atoms with van der Waals surface area (Å²) in [6.45, 7) is 8.10. The molecule has 0 amide bonds. The molecule has 16 aromatic rings. The van der Waals surface area contributed by atoms with Gasteiger partial charge >= 0.3 is 0 Å². The van der Waals surface area contributed by atoms with E-state index in [-0.39, 0.29) is 71.5 Å². The minimum absolute atomic E-state index is 0.0444. The van der Waals surface area contributed by atoms with E-state index in [0.29, 0.717) is 48.4 Å². The zero-order valence-electron chi connectivity index (χ0n) is 78.1. The van der Waals surface area contributed by atoms with Crippen LogP contribution in [0.2, 0.25) is 0 Å². The molecule has 0 saturated carbocycles. The largest absolute Gasteiger partial charge is 0.382 e. The van der Waals surface area contributed by atoms with Crippen molar-refractivity contribution >= 4 is 45.9 Å². The fourth-order valence-corrected chi connectivity index (χ4v) is 26.2. The van der Waals surface area contributed by atoms with Crippen LogP contribution in [0.3, 0.4) is 0 Å². The summed E-state index contributed by atoms with van der Waals surface area (Å²) in [6, 6.07) is 155. The number of fused-ring (bicyclic) bond motifs is 20. The predicted octanol–water partition coefficient (Wildman–Crippen LogP) is 18.8. The van der Waals surface area contributed by atoms with E-state index >= 15 is 0 Å². The number of ether oxygens (including phenoxy) is 1. The average Bonchev–Trinajstić information content (AvgIpc) is 1.49. The summed E-state index contributed by atoms with van der Waals surface area (Å²) in [4.78, 5) is 71.6. The Morgan fingerprint density at radius 3 is 0.468 bits per heavy atom. The van der Waals surface area contributed by atoms with Crippen LogP contribution < -0.4 is 19.6 Å². The maximum atomic E-state index is 13.6. The summed E-state index contributed by atoms with van der Waals surface area (Å²) in [7, 11) is 0. The number of aliphatic hydroxyl groups is 4. The van der Waals surface area contributed by atoms with Crippen LogP contribution in [0.25, 0.3) is 0 Å². The highest BCUT2D eigenvalue weighted by molar-refractivity contribution is 6.17. The van der Waals surface area contributed by atoms with Gasteiger partial charge in [0, 0.05) is 61.6 Å². The molecule has 12 heterocycles. The molecule has 8 saturated heterocycles. The summed E-state index contributed by atoms with van der Waals surface area (Å²) >= 11 is 0. The van der Waals surface area contributed by atoms with Crippen LogP contribution >= 0.6 is 0 Å². The SMILES string of the molecule is CCOCC.O=C1c2ccccc2N2C[C@H]3[C@H](N3C(c3ccccc3)(c3ccccc3)c3ccccc3)[C@]12O.O=C1c2ccccc2N2C[C@H]3[C@H](N3C(c3ccccc3)(c3ccccc3)c3ccccc3)[C@]12O.O=C1c2ccccc2N2C[C@H]3[C@H](N3C(c3ccccc3)(c3ccccc3)c3ccccc3)[C@]12O.O=C1c2ccccc2N2C[C@H]3[C@H](N3C(c3ccccc3)(c3ccccc3)c3ccccc3)[C@]12O. The predicted molar refractivity (Wildman–Crippen MR) is 549 cm³/mol. The first-order chi connectivity index (χ1) is 69.1. The monoisotopic (exact) mass is 1850 g/mol. The number of carbonyl (C=O) groups excluding carboxylic acids is 4. The van der Waals surface area contributed by atoms with Gasteiger partial charge in [0.2, 0.25) is 46.0 Å². The van der Waals surface area contributed by atoms with Gasteiger partial charge in [-0.05, 0) is 129 Å². The third kappa shape index (κ3) is 12.9. The Morgan fingerprint density at radius 2 is 0.340 bits per heavy atom. The molecule has 12 aliphatic heterocycles. The van der Waals surface area contributed by atoms with E-state index in [2.05, 4.69) is 311 Å². The van der Waals surface area contributed by atoms with Gasteiger partial charge in [0.05, 0.1) is 93.2 Å². The van der Waals surface area contributed by atoms with E-state index < -0.39 is 45.1 Å². The number of ketones is 4. The first kappa shape index (κ1) is 88.7. The molecule has 0 spiro atoms. The number of Topliss-reactive ketones (excluding diaryl/α,β-unsaturated/α-hetero) is 4. The molecule has 8 fully saturated rings. The maximum absolute atomic E-state index is 13.6. The van der Waals surface area contributed by atoms with Gasteiger partial charge in [-0.3, -0.25) is 38.8 Å². The Morgan fingerprint density at radius 1 is 0.213 bits per heavy atom. The normalized spacial score (nSPS) is 26.0. The molecular weight excluding hydrogens is 1750 g/mol. The Bertz CT molecular complexity index is 6110. The third-order valence-corrected chi connectivity index (χ3v) is 31.9. The molecule has 16 aromatic carbocycles. The van der Waals surface area contributed by atoms with Crippen LogP contribution in [0.5, 0.6) is 0 Å². The van der Waals surface area contributed by atoms with Crippen LogP contribution in [0, 0.1) is 0 Å². The van der Waals surface area contributed by atoms with Crippen molar-refractivity contribution in [1.29, 1.82) is 0 Å². The van der Waals surface area contributed by atoms with Gasteiger partial charge < -0.3 is 44.8 Å². The summed E-state index contributed by atoms with van der Waals surface area (Å²) in [5.74, 6) is -0.773. The van der Waals surface area contributed by atoms with Crippen LogP contribution in [0.1, 0.15) is 122 Å². The first-order valence-electron chi connectivity index (χ1n) is 49.1. The maximum Gasteiger partial charge on any atom is 0.221 e. The van der Waals surface area contributed by atoms with Gasteiger partial charge in [-0.15, -0.1) is 0 Å². The van der Waals surface area contributed by atoms with E-state index in [1.807, 2.05) is 203 Å². The van der Waals surface area contributed by atoms with Crippen molar-refractivity contribution in [2.75, 3.05) is 59.0 Å². The summed E-state index contributed by atoms with van der Waals surface area (Å²) < 4.78 is 4.83. The average molecular weight is 1850 g/mol. The lowest BCUT2D eigenvalue weighted by molar-refractivity contribution is 0.0256. The second-order valence-corrected chi connectivity index (χ2v) is 38.4. The molecule has 0 bridgehead atoms. The zero-order valence-corrected chi connectivity index (χ0v) is 78.1. The van der Waals surface area contributed by atoms with Gasteiger partial charge in [0.25, 0.3) is 0 Å². The van der Waals surface area contributed by atoms with E-state index in [4.69, 9.17) is 4.74 Å². The topological polar surface area (TPSA) is 183 Å². The molecule has 141 heavy (non-hydrogen) atoms. The second-order valence-electron chi connectivity index (χ2n) is 38.4. The highest BCUT2D eigenvalue weighted by atomic mass is 16.5. The number of para-hydroxylation sites is 4. The molecule has 17 nitrogen and oxygen atoms in total. The Hall–Kier alpha value is -15.0. The Balaban J connectivity index is 0.000000100. The lowest BCUT2D eigenvalue weighted by Gasteiger charge is -2.42. The molecule has 28 rings (SSSR count). The van der Waals surface area contributed by atoms with Crippen LogP contribution in [0.4, 0.5) is 22.7 Å². The van der Waals surface area contributed by atoms with E-state index in [1.54, 1.807) is 0 Å². The summed E-state index contributed by atoms with van der Waals surface area (Å²) in [5.41, 5.74) is 10.6. The Kier molecular flexibility index (Phi) is 21.7. The van der Waals surface area contributed by atoms with Gasteiger partial charge in [0.15, 0.2) is 0 Å². The fourth-order valence-electron chi connectivity index (χ4n) is 26.2. The summed E-state index contributed by atoms with van der Waals surface area (Å²) in [5, 5.41) is 48.2. The highest BCUT2D eigenvalue weighted by Crippen LogP contribution is 2.67. The lowest BCUT2D eigenvalue weighted by atomic mass is 9.76. The molecule has 4 unspecified atom stereocenters. The fraction of sp³-hybridized carbons (Fsp3) is 0.194. The van der Waals surface area contributed by atoms with Gasteiger partial charge in [-0.2, -0.15) is 0 Å². The van der Waals surface area contributed by atoms with Crippen LogP contribution in [-0.4, -0.2) is 174 Å². The van der Waals surface area contributed by atoms with Crippen molar-refractivity contribution < 1.29 is 44.3 Å². The number of hydrogen-bond acceptors (Lipinski definition) is 17. The van der Waals surface area contributed by atoms with Crippen molar-refractivity contribution in [3.8, 4) is 0 Å². The molecule has 0 radical (unpaired) electrons. The standard InChI is InChI=1S/4C30H24N2O2.C4H10O/c4*33-28-24-18-10-11-19-25(24)31-20-26-27(30(28,31)34)32(26)29(21-12-4-1-5-13-21,22-14-6-2-7-15-22)23-16-8-3-9-17-23;1-3-5-4-2/h4*1-19,26-27,34H,20H2;3-4H2,1-2H3/t4*26-,27-,30-,32?;/m0000./s1. The van der Waals surface area contributed by atoms with Crippen LogP contribution in [0.15, 0.2) is 461 Å². The third-order valence-electron chi connectivity index (χ3n) is 31.9. The van der Waals surface area contributed by atoms with Crippen molar-refractivity contribution in [3.05, 3.63) is 550 Å². The van der Waals surface area contributed by atoms with Gasteiger partial charge in [0.1, 0.15) is 0 Å². The quantitative estimate of drug-likeness (QED) is 0.0469. The molecular formula is C124H106N8O9. The lowest BCUT2D eigenvalue weighted by Crippen LogP contribution is -2.56. The smallest absolute Gasteiger partial charge is 0.221 e. The first-order valence-corrected chi connectivity index (χ1v) is 49.1. The van der Waals surface area contributed by atoms with Crippen molar-refractivity contribution in [2.45, 2.75) is 107 Å². The van der Waals surface area contributed by atoms with Crippen LogP contribution in [-0.2, 0) is 26.9 Å². The molecule has 4 N–H and O–H groups in total. The molecule has 696 valence electrons. The van der Waals surface area contributed by atoms with Crippen molar-refractivity contribution in [1.82, 2.24) is 19.6 Å². The number of piperazine rings is 4. The minimum atomic E-state index is -1.56.